The fraction of sp³-hybridized carbons (Fsp3) is 0.500. The van der Waals surface area contributed by atoms with E-state index in [1.54, 1.807) is 6.20 Å². The van der Waals surface area contributed by atoms with Gasteiger partial charge >= 0.3 is 0 Å². The maximum Gasteiger partial charge on any atom is 0.123 e. The minimum absolute atomic E-state index is 0. The number of nitrogens with zero attached hydrogens (tertiary/aromatic N) is 2. The molecule has 1 aromatic heterocycles. The predicted molar refractivity (Wildman–Crippen MR) is 58.9 cm³/mol. The van der Waals surface area contributed by atoms with Crippen molar-refractivity contribution < 1.29 is 0 Å². The van der Waals surface area contributed by atoms with Gasteiger partial charge in [-0.25, -0.2) is 4.98 Å². The van der Waals surface area contributed by atoms with E-state index in [0.717, 1.165) is 18.7 Å². The molecule has 0 radical (unpaired) electrons. The minimum atomic E-state index is 0. The largest absolute Gasteiger partial charge is 0.384 e. The maximum absolute atomic E-state index is 5.47. The first kappa shape index (κ1) is 11.8. The van der Waals surface area contributed by atoms with Crippen LogP contribution in [-0.2, 0) is 0 Å². The summed E-state index contributed by atoms with van der Waals surface area (Å²) in [4.78, 5) is 6.18. The van der Waals surface area contributed by atoms with Gasteiger partial charge in [-0.3, -0.25) is 0 Å². The molecule has 2 N–H and O–H groups in total. The summed E-state index contributed by atoms with van der Waals surface area (Å²) in [5, 5.41) is 0. The van der Waals surface area contributed by atoms with Crippen LogP contribution in [-0.4, -0.2) is 18.6 Å². The van der Waals surface area contributed by atoms with E-state index in [4.69, 9.17) is 5.73 Å². The summed E-state index contributed by atoms with van der Waals surface area (Å²) in [7, 11) is 2.05. The van der Waals surface area contributed by atoms with E-state index in [1.165, 1.54) is 0 Å². The van der Waals surface area contributed by atoms with Gasteiger partial charge in [0.15, 0.2) is 0 Å². The van der Waals surface area contributed by atoms with Crippen LogP contribution in [0.25, 0.3) is 0 Å². The molecule has 0 amide bonds. The Labute approximate surface area is 80.6 Å². The van der Waals surface area contributed by atoms with E-state index in [1.807, 2.05) is 12.1 Å². The SMILES string of the molecule is C.CCCN(C)c1ccc(N)nc1. The van der Waals surface area contributed by atoms with Crippen molar-refractivity contribution in [3.8, 4) is 0 Å². The van der Waals surface area contributed by atoms with Gasteiger partial charge in [-0.05, 0) is 18.6 Å². The fourth-order valence-corrected chi connectivity index (χ4v) is 1.09. The molecule has 74 valence electrons. The normalized spacial score (nSPS) is 9.08. The second kappa shape index (κ2) is 5.41. The summed E-state index contributed by atoms with van der Waals surface area (Å²) in [6.07, 6.45) is 2.94. The summed E-state index contributed by atoms with van der Waals surface area (Å²) in [6.45, 7) is 3.20. The molecule has 0 atom stereocenters. The average molecular weight is 181 g/mol. The third kappa shape index (κ3) is 3.32. The lowest BCUT2D eigenvalue weighted by atomic mass is 10.3. The Morgan fingerprint density at radius 2 is 2.15 bits per heavy atom. The van der Waals surface area contributed by atoms with E-state index in [-0.39, 0.29) is 7.43 Å². The van der Waals surface area contributed by atoms with Crippen LogP contribution in [0, 0.1) is 0 Å². The van der Waals surface area contributed by atoms with E-state index in [0.29, 0.717) is 5.82 Å². The Balaban J connectivity index is 0.00000144. The number of nitrogen functional groups attached to an aromatic ring is 1. The highest BCUT2D eigenvalue weighted by atomic mass is 15.1. The van der Waals surface area contributed by atoms with Gasteiger partial charge in [0.05, 0.1) is 11.9 Å². The molecule has 1 aromatic rings. The van der Waals surface area contributed by atoms with Gasteiger partial charge < -0.3 is 10.6 Å². The third-order valence-corrected chi connectivity index (χ3v) is 1.77. The summed E-state index contributed by atoms with van der Waals surface area (Å²) in [6, 6.07) is 3.81. The highest BCUT2D eigenvalue weighted by Gasteiger charge is 1.98. The Bertz CT molecular complexity index is 230. The van der Waals surface area contributed by atoms with Crippen LogP contribution < -0.4 is 10.6 Å². The highest BCUT2D eigenvalue weighted by Crippen LogP contribution is 2.11. The molecule has 13 heavy (non-hydrogen) atoms. The summed E-state index contributed by atoms with van der Waals surface area (Å²) >= 11 is 0. The first-order valence-corrected chi connectivity index (χ1v) is 4.16. The molecule has 0 bridgehead atoms. The number of nitrogens with two attached hydrogens (primary N) is 1. The molecular weight excluding hydrogens is 162 g/mol. The van der Waals surface area contributed by atoms with Crippen LogP contribution in [0.2, 0.25) is 0 Å². The van der Waals surface area contributed by atoms with E-state index in [2.05, 4.69) is 23.9 Å². The zero-order chi connectivity index (χ0) is 8.97. The van der Waals surface area contributed by atoms with Crippen LogP contribution in [0.3, 0.4) is 0 Å². The number of rotatable bonds is 3. The molecular formula is C10H19N3. The Morgan fingerprint density at radius 3 is 2.62 bits per heavy atom. The lowest BCUT2D eigenvalue weighted by molar-refractivity contribution is 0.850. The van der Waals surface area contributed by atoms with Gasteiger partial charge in [0.2, 0.25) is 0 Å². The maximum atomic E-state index is 5.47. The van der Waals surface area contributed by atoms with Crippen LogP contribution >= 0.6 is 0 Å². The van der Waals surface area contributed by atoms with Crippen molar-refractivity contribution in [2.45, 2.75) is 20.8 Å². The standard InChI is InChI=1S/C9H15N3.CH4/c1-3-6-12(2)8-4-5-9(10)11-7-8;/h4-5,7H,3,6H2,1-2H3,(H2,10,11);1H4. The molecule has 0 aromatic carbocycles. The molecule has 1 rings (SSSR count). The second-order valence-corrected chi connectivity index (χ2v) is 2.86. The minimum Gasteiger partial charge on any atom is -0.384 e. The summed E-state index contributed by atoms with van der Waals surface area (Å²) in [5.74, 6) is 0.573. The van der Waals surface area contributed by atoms with Crippen molar-refractivity contribution in [1.82, 2.24) is 4.98 Å². The number of hydrogen-bond donors (Lipinski definition) is 1. The molecule has 0 aliphatic heterocycles. The molecule has 0 saturated heterocycles. The molecule has 0 unspecified atom stereocenters. The monoisotopic (exact) mass is 181 g/mol. The van der Waals surface area contributed by atoms with Crippen molar-refractivity contribution in [3.05, 3.63) is 18.3 Å². The second-order valence-electron chi connectivity index (χ2n) is 2.86. The molecule has 1 heterocycles. The highest BCUT2D eigenvalue weighted by molar-refractivity contribution is 5.47. The fourth-order valence-electron chi connectivity index (χ4n) is 1.09. The zero-order valence-corrected chi connectivity index (χ0v) is 7.62. The molecule has 0 spiro atoms. The smallest absolute Gasteiger partial charge is 0.123 e. The summed E-state index contributed by atoms with van der Waals surface area (Å²) in [5.41, 5.74) is 6.59. The van der Waals surface area contributed by atoms with Gasteiger partial charge in [0.25, 0.3) is 0 Å². The topological polar surface area (TPSA) is 42.1 Å². The number of aromatic nitrogens is 1. The lowest BCUT2D eigenvalue weighted by Crippen LogP contribution is -2.17. The molecule has 3 heteroatoms. The van der Waals surface area contributed by atoms with Crippen molar-refractivity contribution >= 4 is 11.5 Å². The molecule has 0 aliphatic carbocycles. The van der Waals surface area contributed by atoms with Crippen LogP contribution in [0.5, 0.6) is 0 Å². The first-order chi connectivity index (χ1) is 5.74. The van der Waals surface area contributed by atoms with Crippen molar-refractivity contribution in [2.24, 2.45) is 0 Å². The van der Waals surface area contributed by atoms with E-state index in [9.17, 15) is 0 Å². The van der Waals surface area contributed by atoms with Crippen LogP contribution in [0.4, 0.5) is 11.5 Å². The molecule has 0 aliphatic rings. The van der Waals surface area contributed by atoms with Gasteiger partial charge in [0.1, 0.15) is 5.82 Å². The predicted octanol–water partition coefficient (Wildman–Crippen LogP) is 2.15. The lowest BCUT2D eigenvalue weighted by Gasteiger charge is -2.17. The quantitative estimate of drug-likeness (QED) is 0.777. The van der Waals surface area contributed by atoms with Gasteiger partial charge in [0, 0.05) is 13.6 Å². The van der Waals surface area contributed by atoms with Gasteiger partial charge in [-0.2, -0.15) is 0 Å². The van der Waals surface area contributed by atoms with E-state index >= 15 is 0 Å². The Hall–Kier alpha value is -1.25. The van der Waals surface area contributed by atoms with Gasteiger partial charge in [-0.15, -0.1) is 0 Å². The average Bonchev–Trinajstić information content (AvgIpc) is 2.06. The zero-order valence-electron chi connectivity index (χ0n) is 7.62. The number of pyridine rings is 1. The Kier molecular flexibility index (Phi) is 4.89. The number of anilines is 2. The Morgan fingerprint density at radius 1 is 1.46 bits per heavy atom. The van der Waals surface area contributed by atoms with Crippen molar-refractivity contribution in [2.75, 3.05) is 24.2 Å². The molecule has 0 saturated carbocycles. The van der Waals surface area contributed by atoms with E-state index < -0.39 is 0 Å². The third-order valence-electron chi connectivity index (χ3n) is 1.77. The van der Waals surface area contributed by atoms with Gasteiger partial charge in [-0.1, -0.05) is 14.4 Å². The van der Waals surface area contributed by atoms with Crippen LogP contribution in [0.15, 0.2) is 18.3 Å². The summed E-state index contributed by atoms with van der Waals surface area (Å²) < 4.78 is 0. The van der Waals surface area contributed by atoms with Crippen LogP contribution in [0.1, 0.15) is 20.8 Å². The van der Waals surface area contributed by atoms with Crippen molar-refractivity contribution in [3.63, 3.8) is 0 Å². The number of hydrogen-bond acceptors (Lipinski definition) is 3. The molecule has 0 fully saturated rings. The van der Waals surface area contributed by atoms with Crippen molar-refractivity contribution in [1.29, 1.82) is 0 Å². The first-order valence-electron chi connectivity index (χ1n) is 4.16. The molecule has 3 nitrogen and oxygen atoms in total.